The number of carbonyl (C=O) groups is 1. The zero-order chi connectivity index (χ0) is 17.0. The number of carbonyl (C=O) groups excluding carboxylic acids is 1. The second-order valence-corrected chi connectivity index (χ2v) is 6.22. The van der Waals surface area contributed by atoms with Crippen molar-refractivity contribution in [2.45, 2.75) is 44.8 Å². The minimum absolute atomic E-state index is 0.0771. The van der Waals surface area contributed by atoms with Crippen molar-refractivity contribution in [3.8, 4) is 0 Å². The Morgan fingerprint density at radius 2 is 2.29 bits per heavy atom. The fraction of sp³-hybridized carbons (Fsp3) is 0.471. The van der Waals surface area contributed by atoms with E-state index < -0.39 is 0 Å². The number of halogens is 1. The summed E-state index contributed by atoms with van der Waals surface area (Å²) in [5, 5.41) is 6.69. The quantitative estimate of drug-likeness (QED) is 0.841. The number of nitrogens with zero attached hydrogens (tertiary/aromatic N) is 2. The lowest BCUT2D eigenvalue weighted by molar-refractivity contribution is -0.129. The molecule has 0 saturated heterocycles. The molecule has 0 bridgehead atoms. The fourth-order valence-corrected chi connectivity index (χ4v) is 2.95. The summed E-state index contributed by atoms with van der Waals surface area (Å²) in [4.78, 5) is 16.1. The number of rotatable bonds is 7. The smallest absolute Gasteiger partial charge is 0.252 e. The van der Waals surface area contributed by atoms with Gasteiger partial charge in [-0.3, -0.25) is 4.79 Å². The largest absolute Gasteiger partial charge is 0.362 e. The predicted octanol–water partition coefficient (Wildman–Crippen LogP) is 2.32. The molecule has 24 heavy (non-hydrogen) atoms. The van der Waals surface area contributed by atoms with Gasteiger partial charge in [-0.25, -0.2) is 4.39 Å². The van der Waals surface area contributed by atoms with Crippen LogP contribution in [0.2, 0.25) is 0 Å². The van der Waals surface area contributed by atoms with Crippen molar-refractivity contribution in [2.24, 2.45) is 0 Å². The van der Waals surface area contributed by atoms with Gasteiger partial charge in [-0.2, -0.15) is 4.98 Å². The van der Waals surface area contributed by atoms with Gasteiger partial charge in [-0.05, 0) is 50.3 Å². The van der Waals surface area contributed by atoms with Gasteiger partial charge in [0, 0.05) is 5.54 Å². The molecule has 2 aromatic rings. The van der Waals surface area contributed by atoms with Crippen LogP contribution in [-0.2, 0) is 22.6 Å². The minimum atomic E-state index is -0.296. The number of aryl methyl sites for hydroxylation is 1. The molecule has 1 heterocycles. The summed E-state index contributed by atoms with van der Waals surface area (Å²) in [7, 11) is 0. The monoisotopic (exact) mass is 333 g/mol. The number of benzene rings is 1. The number of hydrogen-bond donors (Lipinski definition) is 1. The van der Waals surface area contributed by atoms with Gasteiger partial charge in [0.05, 0.1) is 0 Å². The van der Waals surface area contributed by atoms with Crippen LogP contribution in [0.3, 0.4) is 0 Å². The molecule has 1 amide bonds. The molecule has 1 aromatic carbocycles. The maximum absolute atomic E-state index is 13.3. The molecule has 1 aromatic heterocycles. The first-order chi connectivity index (χ1) is 11.5. The van der Waals surface area contributed by atoms with E-state index in [0.717, 1.165) is 24.8 Å². The van der Waals surface area contributed by atoms with Crippen molar-refractivity contribution in [2.75, 3.05) is 6.61 Å². The van der Waals surface area contributed by atoms with Crippen molar-refractivity contribution < 1.29 is 18.4 Å². The van der Waals surface area contributed by atoms with Gasteiger partial charge in [-0.15, -0.1) is 0 Å². The summed E-state index contributed by atoms with van der Waals surface area (Å²) in [6.45, 7) is 1.74. The molecule has 1 fully saturated rings. The first kappa shape index (κ1) is 16.6. The molecule has 0 spiro atoms. The van der Waals surface area contributed by atoms with E-state index in [-0.39, 0.29) is 30.5 Å². The van der Waals surface area contributed by atoms with Gasteiger partial charge in [0.2, 0.25) is 5.91 Å². The van der Waals surface area contributed by atoms with E-state index in [0.29, 0.717) is 18.1 Å². The van der Waals surface area contributed by atoms with Crippen molar-refractivity contribution in [1.82, 2.24) is 15.5 Å². The fourth-order valence-electron chi connectivity index (χ4n) is 2.95. The number of nitrogens with one attached hydrogen (secondary N) is 1. The summed E-state index contributed by atoms with van der Waals surface area (Å²) in [6.07, 6.45) is 3.45. The van der Waals surface area contributed by atoms with Gasteiger partial charge >= 0.3 is 0 Å². The normalized spacial score (nSPS) is 15.8. The van der Waals surface area contributed by atoms with Crippen molar-refractivity contribution in [3.63, 3.8) is 0 Å². The van der Waals surface area contributed by atoms with E-state index in [1.165, 1.54) is 12.1 Å². The summed E-state index contributed by atoms with van der Waals surface area (Å²) >= 11 is 0. The summed E-state index contributed by atoms with van der Waals surface area (Å²) in [6, 6.07) is 6.50. The molecule has 128 valence electrons. The molecule has 0 aliphatic heterocycles. The maximum Gasteiger partial charge on any atom is 0.252 e. The molecule has 1 saturated carbocycles. The lowest BCUT2D eigenvalue weighted by Gasteiger charge is -2.43. The topological polar surface area (TPSA) is 77.2 Å². The Bertz CT molecular complexity index is 713. The Morgan fingerprint density at radius 3 is 2.92 bits per heavy atom. The van der Waals surface area contributed by atoms with Crippen LogP contribution in [0.15, 0.2) is 28.8 Å². The minimum Gasteiger partial charge on any atom is -0.362 e. The molecule has 1 N–H and O–H groups in total. The molecule has 0 unspecified atom stereocenters. The van der Waals surface area contributed by atoms with Gasteiger partial charge in [0.15, 0.2) is 5.82 Å². The summed E-state index contributed by atoms with van der Waals surface area (Å²) in [5.41, 5.74) is 0.590. The Morgan fingerprint density at radius 1 is 1.46 bits per heavy atom. The van der Waals surface area contributed by atoms with E-state index in [9.17, 15) is 9.18 Å². The molecule has 6 nitrogen and oxygen atoms in total. The highest BCUT2D eigenvalue weighted by atomic mass is 19.1. The molecule has 3 rings (SSSR count). The third kappa shape index (κ3) is 4.17. The molecule has 1 aliphatic carbocycles. The van der Waals surface area contributed by atoms with E-state index in [1.54, 1.807) is 13.0 Å². The molecular formula is C17H20FN3O3. The van der Waals surface area contributed by atoms with Crippen LogP contribution >= 0.6 is 0 Å². The van der Waals surface area contributed by atoms with Crippen molar-refractivity contribution in [3.05, 3.63) is 47.4 Å². The first-order valence-electron chi connectivity index (χ1n) is 7.97. The zero-order valence-corrected chi connectivity index (χ0v) is 13.5. The number of aromatic nitrogens is 2. The average Bonchev–Trinajstić information content (AvgIpc) is 2.90. The summed E-state index contributed by atoms with van der Waals surface area (Å²) in [5.74, 6) is 0.425. The number of ether oxygens (including phenoxy) is 1. The lowest BCUT2D eigenvalue weighted by Crippen LogP contribution is -2.55. The van der Waals surface area contributed by atoms with Crippen molar-refractivity contribution >= 4 is 5.91 Å². The van der Waals surface area contributed by atoms with Crippen LogP contribution in [0.25, 0.3) is 0 Å². The standard InChI is InChI=1S/C17H20FN3O3/c1-12-19-16(24-21-12)11-23-10-15(22)20-17(6-3-7-17)9-13-4-2-5-14(18)8-13/h2,4-5,8H,3,6-7,9-11H2,1H3,(H,20,22). The third-order valence-corrected chi connectivity index (χ3v) is 4.18. The van der Waals surface area contributed by atoms with E-state index in [1.807, 2.05) is 6.07 Å². The highest BCUT2D eigenvalue weighted by Crippen LogP contribution is 2.35. The molecule has 7 heteroatoms. The van der Waals surface area contributed by atoms with Crippen LogP contribution in [0, 0.1) is 12.7 Å². The van der Waals surface area contributed by atoms with Crippen LogP contribution < -0.4 is 5.32 Å². The summed E-state index contributed by atoms with van der Waals surface area (Å²) < 4.78 is 23.6. The molecule has 0 radical (unpaired) electrons. The number of amides is 1. The predicted molar refractivity (Wildman–Crippen MR) is 83.5 cm³/mol. The number of hydrogen-bond acceptors (Lipinski definition) is 5. The Balaban J connectivity index is 1.50. The Hall–Kier alpha value is -2.28. The Labute approximate surface area is 139 Å². The first-order valence-corrected chi connectivity index (χ1v) is 7.97. The second kappa shape index (κ2) is 7.09. The van der Waals surface area contributed by atoms with Gasteiger partial charge < -0.3 is 14.6 Å². The molecule has 1 aliphatic rings. The zero-order valence-electron chi connectivity index (χ0n) is 13.5. The SMILES string of the molecule is Cc1noc(COCC(=O)NC2(Cc3cccc(F)c3)CCC2)n1. The lowest BCUT2D eigenvalue weighted by atomic mass is 9.72. The van der Waals surface area contributed by atoms with E-state index in [4.69, 9.17) is 9.26 Å². The molecule has 0 atom stereocenters. The van der Waals surface area contributed by atoms with Gasteiger partial charge in [0.1, 0.15) is 19.0 Å². The molecular weight excluding hydrogens is 313 g/mol. The van der Waals surface area contributed by atoms with Gasteiger partial charge in [0.25, 0.3) is 5.89 Å². The van der Waals surface area contributed by atoms with Crippen molar-refractivity contribution in [1.29, 1.82) is 0 Å². The second-order valence-electron chi connectivity index (χ2n) is 6.22. The highest BCUT2D eigenvalue weighted by molar-refractivity contribution is 5.78. The van der Waals surface area contributed by atoms with Gasteiger partial charge in [-0.1, -0.05) is 17.3 Å². The van der Waals surface area contributed by atoms with Crippen LogP contribution in [0.1, 0.15) is 36.5 Å². The van der Waals surface area contributed by atoms with Crippen LogP contribution in [0.5, 0.6) is 0 Å². The highest BCUT2D eigenvalue weighted by Gasteiger charge is 2.38. The van der Waals surface area contributed by atoms with Crippen LogP contribution in [-0.4, -0.2) is 28.2 Å². The van der Waals surface area contributed by atoms with Crippen LogP contribution in [0.4, 0.5) is 4.39 Å². The van der Waals surface area contributed by atoms with E-state index in [2.05, 4.69) is 15.5 Å². The third-order valence-electron chi connectivity index (χ3n) is 4.18. The van der Waals surface area contributed by atoms with E-state index >= 15 is 0 Å². The maximum atomic E-state index is 13.3. The average molecular weight is 333 g/mol. The Kier molecular flexibility index (Phi) is 4.89.